The van der Waals surface area contributed by atoms with E-state index >= 15 is 0 Å². The van der Waals surface area contributed by atoms with Crippen molar-refractivity contribution in [2.24, 2.45) is 0 Å². The highest BCUT2D eigenvalue weighted by atomic mass is 16.2. The Bertz CT molecular complexity index is 873. The molecule has 2 unspecified atom stereocenters. The van der Waals surface area contributed by atoms with Crippen LogP contribution >= 0.6 is 0 Å². The molecule has 7 nitrogen and oxygen atoms in total. The smallest absolute Gasteiger partial charge is 0.253 e. The zero-order valence-electron chi connectivity index (χ0n) is 16.9. The fourth-order valence-electron chi connectivity index (χ4n) is 4.15. The second-order valence-electron chi connectivity index (χ2n) is 7.91. The van der Waals surface area contributed by atoms with Crippen LogP contribution in [-0.2, 0) is 4.79 Å². The number of carbonyl (C=O) groups is 2. The molecule has 2 aliphatic rings. The summed E-state index contributed by atoms with van der Waals surface area (Å²) < 4.78 is 0. The first kappa shape index (κ1) is 19.5. The number of nitrogens with one attached hydrogen (secondary N) is 2. The average molecular weight is 393 g/mol. The number of carbonyl (C=O) groups excluding carboxylic acids is 2. The van der Waals surface area contributed by atoms with Crippen molar-refractivity contribution < 1.29 is 9.59 Å². The predicted octanol–water partition coefficient (Wildman–Crippen LogP) is 1.59. The number of hydrogen-bond donors (Lipinski definition) is 2. The molecule has 3 heterocycles. The van der Waals surface area contributed by atoms with Crippen LogP contribution in [0.3, 0.4) is 0 Å². The van der Waals surface area contributed by atoms with Gasteiger partial charge in [0.05, 0.1) is 0 Å². The number of aromatic nitrogens is 1. The number of hydrogen-bond acceptors (Lipinski definition) is 5. The van der Waals surface area contributed by atoms with Crippen molar-refractivity contribution in [1.29, 1.82) is 0 Å². The maximum Gasteiger partial charge on any atom is 0.253 e. The lowest BCUT2D eigenvalue weighted by molar-refractivity contribution is -0.134. The molecule has 7 heteroatoms. The molecule has 0 bridgehead atoms. The van der Waals surface area contributed by atoms with Gasteiger partial charge < -0.3 is 9.80 Å². The minimum absolute atomic E-state index is 0.0428. The zero-order valence-corrected chi connectivity index (χ0v) is 16.9. The topological polar surface area (TPSA) is 77.6 Å². The highest BCUT2D eigenvalue weighted by molar-refractivity contribution is 5.95. The van der Waals surface area contributed by atoms with Crippen molar-refractivity contribution in [3.63, 3.8) is 0 Å². The maximum absolute atomic E-state index is 12.9. The number of amides is 2. The molecule has 29 heavy (non-hydrogen) atoms. The first-order valence-electron chi connectivity index (χ1n) is 10.1. The second-order valence-corrected chi connectivity index (χ2v) is 7.91. The Labute approximate surface area is 171 Å². The number of benzene rings is 1. The Balaban J connectivity index is 1.32. The fraction of sp³-hybridized carbons (Fsp3) is 0.409. The molecule has 4 rings (SSSR count). The van der Waals surface area contributed by atoms with Gasteiger partial charge in [0.2, 0.25) is 5.91 Å². The molecule has 0 spiro atoms. The summed E-state index contributed by atoms with van der Waals surface area (Å²) in [6.07, 6.45) is 4.25. The molecule has 1 aromatic heterocycles. The second kappa shape index (κ2) is 8.31. The third kappa shape index (κ3) is 4.31. The van der Waals surface area contributed by atoms with E-state index in [2.05, 4.69) is 21.9 Å². The number of pyridine rings is 1. The molecular formula is C22H27N5O2. The highest BCUT2D eigenvalue weighted by Crippen LogP contribution is 2.23. The largest absolute Gasteiger partial charge is 0.338 e. The zero-order chi connectivity index (χ0) is 20.4. The summed E-state index contributed by atoms with van der Waals surface area (Å²) in [5.74, 6) is 0.128. The first-order chi connectivity index (χ1) is 14.0. The molecule has 0 radical (unpaired) electrons. The lowest BCUT2D eigenvalue weighted by atomic mass is 10.0. The number of nitrogens with zero attached hydrogens (tertiary/aromatic N) is 3. The summed E-state index contributed by atoms with van der Waals surface area (Å²) in [7, 11) is 0. The molecule has 2 saturated heterocycles. The van der Waals surface area contributed by atoms with E-state index < -0.39 is 0 Å². The predicted molar refractivity (Wildman–Crippen MR) is 110 cm³/mol. The van der Waals surface area contributed by atoms with Crippen molar-refractivity contribution in [3.8, 4) is 0 Å². The lowest BCUT2D eigenvalue weighted by Gasteiger charge is -2.36. The van der Waals surface area contributed by atoms with E-state index in [4.69, 9.17) is 0 Å². The third-order valence-corrected chi connectivity index (χ3v) is 5.64. The first-order valence-corrected chi connectivity index (χ1v) is 10.1. The van der Waals surface area contributed by atoms with Crippen LogP contribution in [0.25, 0.3) is 0 Å². The molecule has 152 valence electrons. The summed E-state index contributed by atoms with van der Waals surface area (Å²) in [4.78, 5) is 33.6. The molecule has 2 atom stereocenters. The van der Waals surface area contributed by atoms with Gasteiger partial charge in [-0.1, -0.05) is 23.3 Å². The van der Waals surface area contributed by atoms with E-state index in [0.717, 1.165) is 22.3 Å². The van der Waals surface area contributed by atoms with Crippen LogP contribution in [0.4, 0.5) is 0 Å². The van der Waals surface area contributed by atoms with Gasteiger partial charge in [-0.2, -0.15) is 0 Å². The van der Waals surface area contributed by atoms with Crippen molar-refractivity contribution in [2.45, 2.75) is 32.4 Å². The van der Waals surface area contributed by atoms with Crippen LogP contribution in [0.5, 0.6) is 0 Å². The summed E-state index contributed by atoms with van der Waals surface area (Å²) in [5, 5.41) is 0. The number of rotatable bonds is 3. The molecule has 2 fully saturated rings. The third-order valence-electron chi connectivity index (χ3n) is 5.64. The van der Waals surface area contributed by atoms with Crippen LogP contribution in [-0.4, -0.2) is 58.8 Å². The van der Waals surface area contributed by atoms with Crippen LogP contribution in [0.15, 0.2) is 42.7 Å². The monoisotopic (exact) mass is 393 g/mol. The van der Waals surface area contributed by atoms with E-state index in [1.54, 1.807) is 6.20 Å². The van der Waals surface area contributed by atoms with E-state index in [9.17, 15) is 9.59 Å². The fourth-order valence-corrected chi connectivity index (χ4v) is 4.15. The lowest BCUT2D eigenvalue weighted by Crippen LogP contribution is -2.54. The molecule has 2 amide bonds. The summed E-state index contributed by atoms with van der Waals surface area (Å²) >= 11 is 0. The minimum Gasteiger partial charge on any atom is -0.338 e. The van der Waals surface area contributed by atoms with Crippen LogP contribution in [0.1, 0.15) is 39.5 Å². The Morgan fingerprint density at radius 3 is 2.34 bits per heavy atom. The SMILES string of the molecule is Cc1cc(C)cc(C(=O)N2CCN(C(=O)C3CC(c4cccnc4)NN3)CC2)c1. The Morgan fingerprint density at radius 1 is 1.00 bits per heavy atom. The van der Waals surface area contributed by atoms with Gasteiger partial charge in [0, 0.05) is 50.2 Å². The number of piperazine rings is 1. The summed E-state index contributed by atoms with van der Waals surface area (Å²) in [5.41, 5.74) is 10.3. The molecule has 0 saturated carbocycles. The molecule has 2 N–H and O–H groups in total. The van der Waals surface area contributed by atoms with E-state index in [1.165, 1.54) is 0 Å². The van der Waals surface area contributed by atoms with E-state index in [1.807, 2.05) is 54.1 Å². The number of aryl methyl sites for hydroxylation is 2. The van der Waals surface area contributed by atoms with Gasteiger partial charge in [0.25, 0.3) is 5.91 Å². The van der Waals surface area contributed by atoms with Gasteiger partial charge in [-0.25, -0.2) is 10.9 Å². The Hall–Kier alpha value is -2.77. The molecular weight excluding hydrogens is 366 g/mol. The highest BCUT2D eigenvalue weighted by Gasteiger charge is 2.34. The van der Waals surface area contributed by atoms with Crippen molar-refractivity contribution in [3.05, 3.63) is 65.0 Å². The standard InChI is InChI=1S/C22H27N5O2/c1-15-10-16(2)12-18(11-15)21(28)26-6-8-27(9-7-26)22(29)20-13-19(24-25-20)17-4-3-5-23-14-17/h3-5,10-12,14,19-20,24-25H,6-9,13H2,1-2H3. The van der Waals surface area contributed by atoms with Gasteiger partial charge in [0.15, 0.2) is 0 Å². The molecule has 2 aliphatic heterocycles. The van der Waals surface area contributed by atoms with Gasteiger partial charge >= 0.3 is 0 Å². The van der Waals surface area contributed by atoms with Gasteiger partial charge in [0.1, 0.15) is 6.04 Å². The maximum atomic E-state index is 12.9. The minimum atomic E-state index is -0.262. The van der Waals surface area contributed by atoms with Crippen LogP contribution < -0.4 is 10.9 Å². The van der Waals surface area contributed by atoms with Crippen molar-refractivity contribution in [2.75, 3.05) is 26.2 Å². The molecule has 2 aromatic rings. The van der Waals surface area contributed by atoms with Crippen LogP contribution in [0.2, 0.25) is 0 Å². The van der Waals surface area contributed by atoms with Gasteiger partial charge in [-0.05, 0) is 44.0 Å². The van der Waals surface area contributed by atoms with Crippen molar-refractivity contribution in [1.82, 2.24) is 25.6 Å². The number of hydrazine groups is 1. The Kier molecular flexibility index (Phi) is 5.60. The van der Waals surface area contributed by atoms with Crippen molar-refractivity contribution >= 4 is 11.8 Å². The Morgan fingerprint density at radius 2 is 1.69 bits per heavy atom. The molecule has 1 aromatic carbocycles. The molecule has 0 aliphatic carbocycles. The van der Waals surface area contributed by atoms with E-state index in [0.29, 0.717) is 32.6 Å². The van der Waals surface area contributed by atoms with Gasteiger partial charge in [-0.15, -0.1) is 0 Å². The summed E-state index contributed by atoms with van der Waals surface area (Å²) in [6, 6.07) is 9.65. The quantitative estimate of drug-likeness (QED) is 0.828. The van der Waals surface area contributed by atoms with E-state index in [-0.39, 0.29) is 23.9 Å². The summed E-state index contributed by atoms with van der Waals surface area (Å²) in [6.45, 7) is 6.24. The van der Waals surface area contributed by atoms with Gasteiger partial charge in [-0.3, -0.25) is 14.6 Å². The van der Waals surface area contributed by atoms with Crippen LogP contribution in [0, 0.1) is 13.8 Å². The normalized spacial score (nSPS) is 22.0. The average Bonchev–Trinajstić information content (AvgIpc) is 3.23.